The second kappa shape index (κ2) is 7.73. The minimum Gasteiger partial charge on any atom is -0.229 e. The molecule has 0 amide bonds. The van der Waals surface area contributed by atoms with Crippen molar-refractivity contribution in [2.45, 2.75) is 71.8 Å². The zero-order chi connectivity index (χ0) is 20.5. The molecule has 0 aromatic heterocycles. The molecule has 2 aromatic carbocycles. The molecule has 0 spiro atoms. The summed E-state index contributed by atoms with van der Waals surface area (Å²) in [7, 11) is -2.19. The second-order valence-electron chi connectivity index (χ2n) is 9.50. The molecule has 4 heteroatoms. The fraction of sp³-hybridized carbons (Fsp3) is 0.478. The van der Waals surface area contributed by atoms with E-state index in [1.54, 1.807) is 0 Å². The molecule has 3 nitrogen and oxygen atoms in total. The first kappa shape index (κ1) is 21.6. The van der Waals surface area contributed by atoms with Crippen molar-refractivity contribution in [3.05, 3.63) is 65.2 Å². The van der Waals surface area contributed by atoms with Crippen LogP contribution < -0.4 is 4.52 Å². The monoisotopic (exact) mass is 387 g/mol. The SMILES string of the molecule is CC(C)(C)O[P+](=O)Oc1ccc(C(C)(C)c2ccc(C(C)(C)C)cc2)cc1. The van der Waals surface area contributed by atoms with E-state index in [0.717, 1.165) is 0 Å². The summed E-state index contributed by atoms with van der Waals surface area (Å²) in [5.41, 5.74) is 3.26. The van der Waals surface area contributed by atoms with Gasteiger partial charge in [-0.1, -0.05) is 71.0 Å². The van der Waals surface area contributed by atoms with Crippen LogP contribution in [0.4, 0.5) is 0 Å². The lowest BCUT2D eigenvalue weighted by atomic mass is 9.77. The maximum absolute atomic E-state index is 11.9. The van der Waals surface area contributed by atoms with Gasteiger partial charge in [0.25, 0.3) is 0 Å². The Hall–Kier alpha value is -1.70. The maximum Gasteiger partial charge on any atom is 0.750 e. The van der Waals surface area contributed by atoms with Crippen LogP contribution in [0.2, 0.25) is 0 Å². The van der Waals surface area contributed by atoms with Crippen molar-refractivity contribution < 1.29 is 13.6 Å². The van der Waals surface area contributed by atoms with Gasteiger partial charge in [-0.05, 0) is 55.0 Å². The van der Waals surface area contributed by atoms with Gasteiger partial charge in [-0.2, -0.15) is 0 Å². The molecule has 0 heterocycles. The van der Waals surface area contributed by atoms with Gasteiger partial charge in [-0.3, -0.25) is 0 Å². The number of hydrogen-bond donors (Lipinski definition) is 0. The largest absolute Gasteiger partial charge is 0.750 e. The van der Waals surface area contributed by atoms with Crippen molar-refractivity contribution in [2.75, 3.05) is 0 Å². The molecule has 27 heavy (non-hydrogen) atoms. The minimum absolute atomic E-state index is 0.140. The lowest BCUT2D eigenvalue weighted by molar-refractivity contribution is 0.126. The summed E-state index contributed by atoms with van der Waals surface area (Å²) in [5.74, 6) is 0.544. The predicted molar refractivity (Wildman–Crippen MR) is 113 cm³/mol. The van der Waals surface area contributed by atoms with E-state index in [2.05, 4.69) is 58.9 Å². The Labute approximate surface area is 165 Å². The molecule has 0 radical (unpaired) electrons. The Morgan fingerprint density at radius 1 is 0.667 bits per heavy atom. The second-order valence-corrected chi connectivity index (χ2v) is 10.3. The van der Waals surface area contributed by atoms with Crippen molar-refractivity contribution in [3.8, 4) is 5.75 Å². The molecule has 1 unspecified atom stereocenters. The van der Waals surface area contributed by atoms with Gasteiger partial charge in [0.1, 0.15) is 5.60 Å². The molecular weight excluding hydrogens is 355 g/mol. The summed E-state index contributed by atoms with van der Waals surface area (Å²) < 4.78 is 22.7. The van der Waals surface area contributed by atoms with Crippen LogP contribution in [0, 0.1) is 0 Å². The Balaban J connectivity index is 2.16. The van der Waals surface area contributed by atoms with Gasteiger partial charge in [-0.15, -0.1) is 4.52 Å². The van der Waals surface area contributed by atoms with Gasteiger partial charge in [0, 0.05) is 9.98 Å². The van der Waals surface area contributed by atoms with Crippen molar-refractivity contribution in [3.63, 3.8) is 0 Å². The average molecular weight is 387 g/mol. The standard InChI is InChI=1S/C23H32O3P/c1-21(2,3)17-9-11-18(12-10-17)23(7,8)19-13-15-20(16-14-19)25-27(24)26-22(4,5)6/h9-16H,1-8H3/q+1. The van der Waals surface area contributed by atoms with Crippen LogP contribution >= 0.6 is 8.25 Å². The van der Waals surface area contributed by atoms with Crippen molar-refractivity contribution in [1.29, 1.82) is 0 Å². The molecule has 0 aliphatic carbocycles. The summed E-state index contributed by atoms with van der Waals surface area (Å²) in [5, 5.41) is 0. The molecule has 146 valence electrons. The van der Waals surface area contributed by atoms with Crippen LogP contribution in [-0.4, -0.2) is 5.60 Å². The summed E-state index contributed by atoms with van der Waals surface area (Å²) in [6, 6.07) is 16.6. The highest BCUT2D eigenvalue weighted by Gasteiger charge is 2.31. The first-order valence-corrected chi connectivity index (χ1v) is 10.4. The minimum atomic E-state index is -2.19. The van der Waals surface area contributed by atoms with Crippen LogP contribution in [0.15, 0.2) is 48.5 Å². The molecule has 0 bridgehead atoms. The summed E-state index contributed by atoms with van der Waals surface area (Å²) in [6.45, 7) is 16.6. The third-order valence-electron chi connectivity index (χ3n) is 4.58. The Morgan fingerprint density at radius 2 is 1.07 bits per heavy atom. The van der Waals surface area contributed by atoms with E-state index >= 15 is 0 Å². The van der Waals surface area contributed by atoms with Gasteiger partial charge in [-0.25, -0.2) is 4.52 Å². The van der Waals surface area contributed by atoms with Gasteiger partial charge >= 0.3 is 8.25 Å². The fourth-order valence-corrected chi connectivity index (χ4v) is 3.59. The predicted octanol–water partition coefficient (Wildman–Crippen LogP) is 7.16. The van der Waals surface area contributed by atoms with Gasteiger partial charge in [0.2, 0.25) is 0 Å². The molecular formula is C23H32O3P+. The lowest BCUT2D eigenvalue weighted by Gasteiger charge is -2.27. The van der Waals surface area contributed by atoms with Crippen LogP contribution in [0.25, 0.3) is 0 Å². The third-order valence-corrected chi connectivity index (χ3v) is 5.63. The van der Waals surface area contributed by atoms with E-state index in [4.69, 9.17) is 9.05 Å². The summed E-state index contributed by atoms with van der Waals surface area (Å²) in [6.07, 6.45) is 0. The molecule has 0 N–H and O–H groups in total. The maximum atomic E-state index is 11.9. The molecule has 0 fully saturated rings. The van der Waals surface area contributed by atoms with Crippen LogP contribution in [0.3, 0.4) is 0 Å². The third kappa shape index (κ3) is 5.89. The molecule has 1 atom stereocenters. The van der Waals surface area contributed by atoms with E-state index in [1.165, 1.54) is 16.7 Å². The Bertz CT molecular complexity index is 776. The first-order valence-electron chi connectivity index (χ1n) is 9.35. The van der Waals surface area contributed by atoms with Gasteiger partial charge in [0.05, 0.1) is 0 Å². The van der Waals surface area contributed by atoms with E-state index in [9.17, 15) is 4.57 Å². The molecule has 0 aliphatic rings. The van der Waals surface area contributed by atoms with Gasteiger partial charge in [0.15, 0.2) is 5.75 Å². The quantitative estimate of drug-likeness (QED) is 0.511. The number of hydrogen-bond acceptors (Lipinski definition) is 3. The van der Waals surface area contributed by atoms with E-state index in [-0.39, 0.29) is 10.8 Å². The zero-order valence-corrected chi connectivity index (χ0v) is 18.7. The highest BCUT2D eigenvalue weighted by atomic mass is 31.1. The zero-order valence-electron chi connectivity index (χ0n) is 17.8. The lowest BCUT2D eigenvalue weighted by Crippen LogP contribution is -2.19. The Kier molecular flexibility index (Phi) is 6.19. The van der Waals surface area contributed by atoms with Crippen molar-refractivity contribution >= 4 is 8.25 Å². The fourth-order valence-electron chi connectivity index (χ4n) is 2.81. The molecule has 2 aromatic rings. The van der Waals surface area contributed by atoms with Gasteiger partial charge < -0.3 is 0 Å². The van der Waals surface area contributed by atoms with Crippen LogP contribution in [0.1, 0.15) is 72.1 Å². The number of benzene rings is 2. The summed E-state index contributed by atoms with van der Waals surface area (Å²) >= 11 is 0. The number of rotatable bonds is 5. The van der Waals surface area contributed by atoms with Crippen LogP contribution in [-0.2, 0) is 19.9 Å². The summed E-state index contributed by atoms with van der Waals surface area (Å²) in [4.78, 5) is 0. The molecule has 0 saturated heterocycles. The topological polar surface area (TPSA) is 35.5 Å². The highest BCUT2D eigenvalue weighted by Crippen LogP contribution is 2.36. The van der Waals surface area contributed by atoms with E-state index < -0.39 is 13.9 Å². The highest BCUT2D eigenvalue weighted by molar-refractivity contribution is 7.33. The Morgan fingerprint density at radius 3 is 1.48 bits per heavy atom. The molecule has 0 saturated carbocycles. The molecule has 0 aliphatic heterocycles. The average Bonchev–Trinajstić information content (AvgIpc) is 2.53. The first-order chi connectivity index (χ1) is 12.3. The van der Waals surface area contributed by atoms with Crippen molar-refractivity contribution in [2.24, 2.45) is 0 Å². The van der Waals surface area contributed by atoms with E-state index in [0.29, 0.717) is 5.75 Å². The van der Waals surface area contributed by atoms with Crippen LogP contribution in [0.5, 0.6) is 5.75 Å². The smallest absolute Gasteiger partial charge is 0.229 e. The normalized spacial score (nSPS) is 13.4. The molecule has 2 rings (SSSR count). The van der Waals surface area contributed by atoms with E-state index in [1.807, 2.05) is 45.0 Å². The van der Waals surface area contributed by atoms with Crippen molar-refractivity contribution in [1.82, 2.24) is 0 Å².